The van der Waals surface area contributed by atoms with Crippen LogP contribution in [0.2, 0.25) is 0 Å². The second-order valence-electron chi connectivity index (χ2n) is 5.82. The van der Waals surface area contributed by atoms with Crippen molar-refractivity contribution in [3.63, 3.8) is 0 Å². The van der Waals surface area contributed by atoms with Crippen molar-refractivity contribution in [2.75, 3.05) is 12.3 Å². The summed E-state index contributed by atoms with van der Waals surface area (Å²) in [5, 5.41) is 2.90. The molecule has 1 unspecified atom stereocenters. The number of hydrogen-bond donors (Lipinski definition) is 1. The summed E-state index contributed by atoms with van der Waals surface area (Å²) in [7, 11) is 0. The van der Waals surface area contributed by atoms with E-state index in [2.05, 4.69) is 26.1 Å². The van der Waals surface area contributed by atoms with Gasteiger partial charge in [0.1, 0.15) is 5.75 Å². The highest BCUT2D eigenvalue weighted by atomic mass is 32.2. The zero-order chi connectivity index (χ0) is 15.2. The number of amides is 1. The van der Waals surface area contributed by atoms with Crippen molar-refractivity contribution in [2.24, 2.45) is 0 Å². The van der Waals surface area contributed by atoms with Gasteiger partial charge in [0, 0.05) is 17.0 Å². The van der Waals surface area contributed by atoms with Gasteiger partial charge in [0.15, 0.2) is 6.10 Å². The van der Waals surface area contributed by atoms with Crippen LogP contribution in [0.5, 0.6) is 5.75 Å². The van der Waals surface area contributed by atoms with Crippen LogP contribution in [-0.4, -0.2) is 29.1 Å². The van der Waals surface area contributed by atoms with E-state index in [1.807, 2.05) is 43.0 Å². The van der Waals surface area contributed by atoms with Gasteiger partial charge in [-0.05, 0) is 26.0 Å². The van der Waals surface area contributed by atoms with E-state index in [9.17, 15) is 4.79 Å². The summed E-state index contributed by atoms with van der Waals surface area (Å²) in [5.74, 6) is 1.56. The first-order chi connectivity index (χ1) is 9.28. The van der Waals surface area contributed by atoms with Crippen LogP contribution in [0.25, 0.3) is 0 Å². The first-order valence-electron chi connectivity index (χ1n) is 6.93. The predicted octanol–water partition coefficient (Wildman–Crippen LogP) is 3.41. The normalized spacial score (nSPS) is 12.8. The Hall–Kier alpha value is -1.16. The molecule has 1 atom stereocenters. The molecule has 1 aromatic rings. The SMILES string of the molecule is Cc1ccc(OC(C)C(=O)NCCSC(C)(C)C)cc1. The summed E-state index contributed by atoms with van der Waals surface area (Å²) in [6.07, 6.45) is -0.475. The van der Waals surface area contributed by atoms with Crippen LogP contribution < -0.4 is 10.1 Å². The number of nitrogens with one attached hydrogen (secondary N) is 1. The van der Waals surface area contributed by atoms with Gasteiger partial charge in [-0.25, -0.2) is 0 Å². The molecule has 1 amide bonds. The molecule has 0 heterocycles. The molecule has 0 aliphatic rings. The number of thioether (sulfide) groups is 1. The summed E-state index contributed by atoms with van der Waals surface area (Å²) < 4.78 is 5.84. The smallest absolute Gasteiger partial charge is 0.260 e. The van der Waals surface area contributed by atoms with Crippen LogP contribution in [0.3, 0.4) is 0 Å². The van der Waals surface area contributed by atoms with Gasteiger partial charge in [0.2, 0.25) is 0 Å². The molecule has 0 aromatic heterocycles. The molecule has 0 fully saturated rings. The molecule has 0 aliphatic carbocycles. The van der Waals surface area contributed by atoms with E-state index in [1.54, 1.807) is 6.92 Å². The zero-order valence-electron chi connectivity index (χ0n) is 13.0. The molecule has 1 aromatic carbocycles. The average molecular weight is 295 g/mol. The van der Waals surface area contributed by atoms with Gasteiger partial charge in [-0.1, -0.05) is 38.5 Å². The maximum absolute atomic E-state index is 11.9. The van der Waals surface area contributed by atoms with E-state index in [-0.39, 0.29) is 10.7 Å². The highest BCUT2D eigenvalue weighted by Gasteiger charge is 2.15. The van der Waals surface area contributed by atoms with Crippen LogP contribution >= 0.6 is 11.8 Å². The number of carbonyl (C=O) groups excluding carboxylic acids is 1. The Morgan fingerprint density at radius 3 is 2.45 bits per heavy atom. The van der Waals surface area contributed by atoms with Gasteiger partial charge in [0.05, 0.1) is 0 Å². The van der Waals surface area contributed by atoms with Gasteiger partial charge in [0.25, 0.3) is 5.91 Å². The summed E-state index contributed by atoms with van der Waals surface area (Å²) >= 11 is 1.84. The third kappa shape index (κ3) is 6.85. The molecular weight excluding hydrogens is 270 g/mol. The first-order valence-corrected chi connectivity index (χ1v) is 7.91. The minimum absolute atomic E-state index is 0.0694. The number of aryl methyl sites for hydroxylation is 1. The molecule has 1 rings (SSSR count). The third-order valence-corrected chi connectivity index (χ3v) is 3.91. The molecule has 0 aliphatic heterocycles. The largest absolute Gasteiger partial charge is 0.481 e. The fourth-order valence-electron chi connectivity index (χ4n) is 1.55. The number of rotatable bonds is 6. The van der Waals surface area contributed by atoms with Gasteiger partial charge < -0.3 is 10.1 Å². The van der Waals surface area contributed by atoms with E-state index in [0.29, 0.717) is 6.54 Å². The molecule has 0 bridgehead atoms. The lowest BCUT2D eigenvalue weighted by molar-refractivity contribution is -0.127. The Labute approximate surface area is 126 Å². The molecule has 20 heavy (non-hydrogen) atoms. The van der Waals surface area contributed by atoms with Crippen molar-refractivity contribution in [1.82, 2.24) is 5.32 Å². The Bertz CT molecular complexity index is 423. The van der Waals surface area contributed by atoms with Crippen molar-refractivity contribution in [1.29, 1.82) is 0 Å². The molecule has 112 valence electrons. The van der Waals surface area contributed by atoms with Crippen molar-refractivity contribution >= 4 is 17.7 Å². The van der Waals surface area contributed by atoms with Gasteiger partial charge >= 0.3 is 0 Å². The first kappa shape index (κ1) is 16.9. The molecule has 0 radical (unpaired) electrons. The highest BCUT2D eigenvalue weighted by molar-refractivity contribution is 8.00. The van der Waals surface area contributed by atoms with Crippen LogP contribution in [0, 0.1) is 6.92 Å². The van der Waals surface area contributed by atoms with Crippen molar-refractivity contribution in [2.45, 2.75) is 45.5 Å². The van der Waals surface area contributed by atoms with E-state index < -0.39 is 6.10 Å². The Morgan fingerprint density at radius 1 is 1.30 bits per heavy atom. The van der Waals surface area contributed by atoms with Crippen molar-refractivity contribution in [3.05, 3.63) is 29.8 Å². The summed E-state index contributed by atoms with van der Waals surface area (Å²) in [6.45, 7) is 11.0. The number of hydrogen-bond acceptors (Lipinski definition) is 3. The second-order valence-corrected chi connectivity index (χ2v) is 7.75. The van der Waals surface area contributed by atoms with E-state index in [1.165, 1.54) is 5.56 Å². The standard InChI is InChI=1S/C16H25NO2S/c1-12-6-8-14(9-7-12)19-13(2)15(18)17-10-11-20-16(3,4)5/h6-9,13H,10-11H2,1-5H3,(H,17,18). The van der Waals surface area contributed by atoms with E-state index in [4.69, 9.17) is 4.74 Å². The minimum atomic E-state index is -0.475. The van der Waals surface area contributed by atoms with Gasteiger partial charge in [-0.3, -0.25) is 4.79 Å². The molecule has 0 saturated carbocycles. The molecule has 0 spiro atoms. The van der Waals surface area contributed by atoms with Crippen LogP contribution in [0.15, 0.2) is 24.3 Å². The number of benzene rings is 1. The van der Waals surface area contributed by atoms with Gasteiger partial charge in [-0.2, -0.15) is 11.8 Å². The Morgan fingerprint density at radius 2 is 1.90 bits per heavy atom. The predicted molar refractivity (Wildman–Crippen MR) is 86.5 cm³/mol. The third-order valence-electron chi connectivity index (χ3n) is 2.64. The summed E-state index contributed by atoms with van der Waals surface area (Å²) in [6, 6.07) is 7.71. The Kier molecular flexibility index (Phi) is 6.40. The zero-order valence-corrected chi connectivity index (χ0v) is 13.8. The van der Waals surface area contributed by atoms with Gasteiger partial charge in [-0.15, -0.1) is 0 Å². The van der Waals surface area contributed by atoms with E-state index in [0.717, 1.165) is 11.5 Å². The summed E-state index contributed by atoms with van der Waals surface area (Å²) in [5.41, 5.74) is 1.17. The monoisotopic (exact) mass is 295 g/mol. The molecular formula is C16H25NO2S. The van der Waals surface area contributed by atoms with Crippen LogP contribution in [-0.2, 0) is 4.79 Å². The lowest BCUT2D eigenvalue weighted by Gasteiger charge is -2.18. The molecule has 4 heteroatoms. The Balaban J connectivity index is 2.30. The van der Waals surface area contributed by atoms with Crippen LogP contribution in [0.4, 0.5) is 0 Å². The van der Waals surface area contributed by atoms with Crippen molar-refractivity contribution in [3.8, 4) is 5.75 Å². The lowest BCUT2D eigenvalue weighted by Crippen LogP contribution is -2.37. The fourth-order valence-corrected chi connectivity index (χ4v) is 2.37. The fraction of sp³-hybridized carbons (Fsp3) is 0.562. The topological polar surface area (TPSA) is 38.3 Å². The minimum Gasteiger partial charge on any atom is -0.481 e. The van der Waals surface area contributed by atoms with Crippen LogP contribution in [0.1, 0.15) is 33.3 Å². The number of ether oxygens (including phenoxy) is 1. The second kappa shape index (κ2) is 7.58. The summed E-state index contributed by atoms with van der Waals surface area (Å²) in [4.78, 5) is 11.9. The van der Waals surface area contributed by atoms with Crippen molar-refractivity contribution < 1.29 is 9.53 Å². The maximum Gasteiger partial charge on any atom is 0.260 e. The highest BCUT2D eigenvalue weighted by Crippen LogP contribution is 2.22. The molecule has 3 nitrogen and oxygen atoms in total. The maximum atomic E-state index is 11.9. The van der Waals surface area contributed by atoms with E-state index >= 15 is 0 Å². The molecule has 0 saturated heterocycles. The quantitative estimate of drug-likeness (QED) is 0.817. The number of carbonyl (C=O) groups is 1. The average Bonchev–Trinajstić information content (AvgIpc) is 2.36. The molecule has 1 N–H and O–H groups in total. The lowest BCUT2D eigenvalue weighted by atomic mass is 10.2.